The molecule has 1 aromatic heterocycles. The summed E-state index contributed by atoms with van der Waals surface area (Å²) < 4.78 is 0. The summed E-state index contributed by atoms with van der Waals surface area (Å²) in [5.41, 5.74) is 2.14. The van der Waals surface area contributed by atoms with E-state index >= 15 is 0 Å². The van der Waals surface area contributed by atoms with Crippen molar-refractivity contribution < 1.29 is 5.11 Å². The van der Waals surface area contributed by atoms with Crippen molar-refractivity contribution in [1.82, 2.24) is 15.6 Å². The molecule has 1 atom stereocenters. The number of rotatable bonds is 7. The molecule has 0 spiro atoms. The molecule has 24 heavy (non-hydrogen) atoms. The molecule has 5 nitrogen and oxygen atoms in total. The van der Waals surface area contributed by atoms with Gasteiger partial charge in [0.25, 0.3) is 0 Å². The molecule has 0 radical (unpaired) electrons. The summed E-state index contributed by atoms with van der Waals surface area (Å²) in [5, 5.41) is 19.3. The van der Waals surface area contributed by atoms with Gasteiger partial charge in [-0.05, 0) is 12.0 Å². The van der Waals surface area contributed by atoms with Gasteiger partial charge in [0.1, 0.15) is 0 Å². The Morgan fingerprint density at radius 3 is 2.62 bits per heavy atom. The van der Waals surface area contributed by atoms with Gasteiger partial charge in [0.05, 0.1) is 23.9 Å². The van der Waals surface area contributed by atoms with Gasteiger partial charge in [0.2, 0.25) is 0 Å². The second-order valence-corrected chi connectivity index (χ2v) is 6.13. The van der Waals surface area contributed by atoms with E-state index in [1.165, 1.54) is 0 Å². The summed E-state index contributed by atoms with van der Waals surface area (Å²) in [4.78, 5) is 8.75. The Bertz CT molecular complexity index is 618. The summed E-state index contributed by atoms with van der Waals surface area (Å²) in [6.45, 7) is 3.47. The molecule has 0 aliphatic heterocycles. The van der Waals surface area contributed by atoms with Crippen molar-refractivity contribution >= 4 is 41.3 Å². The Kier molecular flexibility index (Phi) is 9.89. The topological polar surface area (TPSA) is 69.5 Å². The minimum absolute atomic E-state index is 0. The second kappa shape index (κ2) is 11.4. The van der Waals surface area contributed by atoms with Crippen LogP contribution in [0.1, 0.15) is 29.1 Å². The third-order valence-corrected chi connectivity index (χ3v) is 4.61. The van der Waals surface area contributed by atoms with Crippen LogP contribution in [-0.2, 0) is 13.0 Å². The zero-order chi connectivity index (χ0) is 16.5. The third-order valence-electron chi connectivity index (χ3n) is 3.57. The van der Waals surface area contributed by atoms with E-state index in [0.29, 0.717) is 19.0 Å². The van der Waals surface area contributed by atoms with E-state index in [1.54, 1.807) is 18.4 Å². The Morgan fingerprint density at radius 2 is 2.04 bits per heavy atom. The number of aryl methyl sites for hydroxylation is 1. The average Bonchev–Trinajstić information content (AvgIpc) is 3.07. The third kappa shape index (κ3) is 6.37. The quantitative estimate of drug-likeness (QED) is 0.338. The van der Waals surface area contributed by atoms with Gasteiger partial charge in [0, 0.05) is 24.9 Å². The molecule has 0 amide bonds. The first kappa shape index (κ1) is 20.9. The number of benzene rings is 1. The van der Waals surface area contributed by atoms with E-state index in [1.807, 2.05) is 30.3 Å². The molecular weight excluding hydrogens is 435 g/mol. The Labute approximate surface area is 164 Å². The van der Waals surface area contributed by atoms with E-state index in [-0.39, 0.29) is 36.5 Å². The number of nitrogens with one attached hydrogen (secondary N) is 2. The van der Waals surface area contributed by atoms with Crippen molar-refractivity contribution in [2.24, 2.45) is 4.99 Å². The number of hydrogen-bond acceptors (Lipinski definition) is 4. The molecule has 132 valence electrons. The number of halogens is 1. The molecule has 1 aromatic carbocycles. The molecule has 0 saturated heterocycles. The van der Waals surface area contributed by atoms with Crippen LogP contribution in [0.2, 0.25) is 0 Å². The Morgan fingerprint density at radius 1 is 1.29 bits per heavy atom. The first-order valence-corrected chi connectivity index (χ1v) is 8.68. The number of hydrogen-bond donors (Lipinski definition) is 3. The molecule has 7 heteroatoms. The van der Waals surface area contributed by atoms with Crippen molar-refractivity contribution in [1.29, 1.82) is 0 Å². The second-order valence-electron chi connectivity index (χ2n) is 5.18. The summed E-state index contributed by atoms with van der Waals surface area (Å²) in [5.74, 6) is 0.756. The first-order valence-electron chi connectivity index (χ1n) is 7.80. The van der Waals surface area contributed by atoms with Crippen LogP contribution in [0.3, 0.4) is 0 Å². The highest BCUT2D eigenvalue weighted by atomic mass is 127. The minimum atomic E-state index is 0. The molecule has 0 saturated carbocycles. The normalized spacial score (nSPS) is 12.4. The number of nitrogens with zero attached hydrogens (tertiary/aromatic N) is 2. The molecule has 1 heterocycles. The number of aliphatic imine (C=N–C) groups is 1. The zero-order valence-corrected chi connectivity index (χ0v) is 17.2. The lowest BCUT2D eigenvalue weighted by molar-refractivity contribution is 0.265. The van der Waals surface area contributed by atoms with Crippen molar-refractivity contribution in [2.45, 2.75) is 25.8 Å². The highest BCUT2D eigenvalue weighted by Gasteiger charge is 2.11. The molecule has 3 N–H and O–H groups in total. The number of aromatic nitrogens is 1. The maximum atomic E-state index is 9.59. The summed E-state index contributed by atoms with van der Waals surface area (Å²) in [6.07, 6.45) is 0.965. The Balaban J connectivity index is 0.00000288. The minimum Gasteiger partial charge on any atom is -0.396 e. The molecule has 2 aromatic rings. The summed E-state index contributed by atoms with van der Waals surface area (Å²) in [7, 11) is 1.74. The lowest BCUT2D eigenvalue weighted by Crippen LogP contribution is -2.39. The zero-order valence-electron chi connectivity index (χ0n) is 14.0. The summed E-state index contributed by atoms with van der Waals surface area (Å²) >= 11 is 1.68. The number of aliphatic hydroxyl groups is 1. The standard InChI is InChI=1S/C17H24N4OS.HI/c1-3-16-21-15(12-23-16)10-20-17(18-2)19-9-14(11-22)13-7-5-4-6-8-13;/h4-8,12,14,22H,3,9-11H2,1-2H3,(H2,18,19,20);1H. The van der Waals surface area contributed by atoms with Crippen LogP contribution in [-0.4, -0.2) is 36.2 Å². The molecule has 0 bridgehead atoms. The predicted octanol–water partition coefficient (Wildman–Crippen LogP) is 2.76. The smallest absolute Gasteiger partial charge is 0.191 e. The molecule has 2 rings (SSSR count). The number of guanidine groups is 1. The van der Waals surface area contributed by atoms with Gasteiger partial charge in [-0.15, -0.1) is 35.3 Å². The lowest BCUT2D eigenvalue weighted by atomic mass is 10.0. The fraction of sp³-hybridized carbons (Fsp3) is 0.412. The van der Waals surface area contributed by atoms with Crippen LogP contribution in [0.25, 0.3) is 0 Å². The van der Waals surface area contributed by atoms with Crippen molar-refractivity contribution in [3.63, 3.8) is 0 Å². The Hall–Kier alpha value is -1.19. The van der Waals surface area contributed by atoms with Crippen LogP contribution in [0.4, 0.5) is 0 Å². The van der Waals surface area contributed by atoms with Gasteiger partial charge in [-0.25, -0.2) is 4.98 Å². The predicted molar refractivity (Wildman–Crippen MR) is 111 cm³/mol. The maximum Gasteiger partial charge on any atom is 0.191 e. The largest absolute Gasteiger partial charge is 0.396 e. The van der Waals surface area contributed by atoms with E-state index < -0.39 is 0 Å². The lowest BCUT2D eigenvalue weighted by Gasteiger charge is -2.17. The van der Waals surface area contributed by atoms with Crippen molar-refractivity contribution in [3.05, 3.63) is 52.0 Å². The summed E-state index contributed by atoms with van der Waals surface area (Å²) in [6, 6.07) is 10.0. The van der Waals surface area contributed by atoms with Gasteiger partial charge in [-0.2, -0.15) is 0 Å². The highest BCUT2D eigenvalue weighted by molar-refractivity contribution is 14.0. The average molecular weight is 460 g/mol. The fourth-order valence-electron chi connectivity index (χ4n) is 2.22. The number of aliphatic hydroxyl groups excluding tert-OH is 1. The fourth-order valence-corrected chi connectivity index (χ4v) is 2.97. The molecule has 0 fully saturated rings. The van der Waals surface area contributed by atoms with Crippen molar-refractivity contribution in [2.75, 3.05) is 20.2 Å². The van der Waals surface area contributed by atoms with E-state index in [2.05, 4.69) is 32.9 Å². The van der Waals surface area contributed by atoms with Crippen LogP contribution >= 0.6 is 35.3 Å². The molecule has 0 aliphatic carbocycles. The monoisotopic (exact) mass is 460 g/mol. The van der Waals surface area contributed by atoms with Gasteiger partial charge in [-0.3, -0.25) is 4.99 Å². The van der Waals surface area contributed by atoms with E-state index in [4.69, 9.17) is 0 Å². The van der Waals surface area contributed by atoms with Crippen LogP contribution in [0, 0.1) is 0 Å². The number of thiazole rings is 1. The van der Waals surface area contributed by atoms with Crippen LogP contribution in [0.5, 0.6) is 0 Å². The van der Waals surface area contributed by atoms with Gasteiger partial charge in [-0.1, -0.05) is 37.3 Å². The maximum absolute atomic E-state index is 9.59. The van der Waals surface area contributed by atoms with Gasteiger partial charge in [0.15, 0.2) is 5.96 Å². The van der Waals surface area contributed by atoms with E-state index in [9.17, 15) is 5.11 Å². The highest BCUT2D eigenvalue weighted by Crippen LogP contribution is 2.13. The molecule has 0 aliphatic rings. The van der Waals surface area contributed by atoms with Crippen LogP contribution < -0.4 is 10.6 Å². The van der Waals surface area contributed by atoms with E-state index in [0.717, 1.165) is 22.7 Å². The molecule has 1 unspecified atom stereocenters. The first-order chi connectivity index (χ1) is 11.3. The van der Waals surface area contributed by atoms with Gasteiger partial charge < -0.3 is 15.7 Å². The molecular formula is C17H25IN4OS. The van der Waals surface area contributed by atoms with Gasteiger partial charge >= 0.3 is 0 Å². The van der Waals surface area contributed by atoms with Crippen LogP contribution in [0.15, 0.2) is 40.7 Å². The van der Waals surface area contributed by atoms with Crippen molar-refractivity contribution in [3.8, 4) is 0 Å². The SMILES string of the molecule is CCc1nc(CNC(=NC)NCC(CO)c2ccccc2)cs1.I.